The Morgan fingerprint density at radius 2 is 1.90 bits per heavy atom. The molecule has 0 radical (unpaired) electrons. The molecule has 7 nitrogen and oxygen atoms in total. The van der Waals surface area contributed by atoms with E-state index in [0.717, 1.165) is 12.1 Å². The van der Waals surface area contributed by atoms with Gasteiger partial charge in [-0.1, -0.05) is 11.6 Å². The van der Waals surface area contributed by atoms with Gasteiger partial charge in [0.05, 0.1) is 10.5 Å². The summed E-state index contributed by atoms with van der Waals surface area (Å²) in [6, 6.07) is 5.81. The number of alkyl halides is 3. The van der Waals surface area contributed by atoms with Crippen LogP contribution in [0, 0.1) is 10.1 Å². The predicted molar refractivity (Wildman–Crippen MR) is 107 cm³/mol. The van der Waals surface area contributed by atoms with Gasteiger partial charge in [0.25, 0.3) is 5.69 Å². The van der Waals surface area contributed by atoms with E-state index in [-0.39, 0.29) is 5.69 Å². The molecule has 1 aliphatic heterocycles. The molecular formula is C17H15ClF3N5O2S. The Labute approximate surface area is 174 Å². The number of aromatic nitrogens is 1. The van der Waals surface area contributed by atoms with Crippen LogP contribution in [0.3, 0.4) is 0 Å². The number of pyridine rings is 1. The van der Waals surface area contributed by atoms with Crippen molar-refractivity contribution in [1.29, 1.82) is 0 Å². The molecule has 2 heterocycles. The predicted octanol–water partition coefficient (Wildman–Crippen LogP) is 4.18. The Balaban J connectivity index is 1.69. The number of piperazine rings is 1. The molecule has 0 unspecified atom stereocenters. The monoisotopic (exact) mass is 445 g/mol. The summed E-state index contributed by atoms with van der Waals surface area (Å²) in [4.78, 5) is 18.1. The number of thiocarbonyl (C=S) groups is 1. The summed E-state index contributed by atoms with van der Waals surface area (Å²) in [7, 11) is 0. The van der Waals surface area contributed by atoms with E-state index in [9.17, 15) is 23.3 Å². The minimum atomic E-state index is -4.64. The van der Waals surface area contributed by atoms with Crippen LogP contribution in [-0.4, -0.2) is 46.1 Å². The molecule has 12 heteroatoms. The molecule has 29 heavy (non-hydrogen) atoms. The van der Waals surface area contributed by atoms with Crippen LogP contribution >= 0.6 is 23.8 Å². The average molecular weight is 446 g/mol. The lowest BCUT2D eigenvalue weighted by atomic mass is 10.1. The Morgan fingerprint density at radius 1 is 1.21 bits per heavy atom. The Bertz CT molecular complexity index is 936. The number of benzene rings is 1. The molecular weight excluding hydrogens is 431 g/mol. The number of anilines is 2. The minimum Gasteiger partial charge on any atom is -0.362 e. The summed E-state index contributed by atoms with van der Waals surface area (Å²) in [5, 5.41) is 15.2. The highest BCUT2D eigenvalue weighted by atomic mass is 35.5. The molecule has 0 atom stereocenters. The topological polar surface area (TPSA) is 74.5 Å². The van der Waals surface area contributed by atoms with Crippen molar-refractivity contribution in [3.8, 4) is 0 Å². The summed E-state index contributed by atoms with van der Waals surface area (Å²) in [6.45, 7) is 1.59. The number of rotatable bonds is 3. The number of halogens is 4. The molecule has 0 bridgehead atoms. The third-order valence-corrected chi connectivity index (χ3v) is 4.96. The first-order valence-corrected chi connectivity index (χ1v) is 9.22. The molecule has 3 rings (SSSR count). The molecule has 1 saturated heterocycles. The number of nitro groups is 1. The summed E-state index contributed by atoms with van der Waals surface area (Å²) >= 11 is 11.3. The van der Waals surface area contributed by atoms with E-state index >= 15 is 0 Å². The molecule has 2 aromatic rings. The van der Waals surface area contributed by atoms with Gasteiger partial charge < -0.3 is 15.1 Å². The highest BCUT2D eigenvalue weighted by Crippen LogP contribution is 2.36. The van der Waals surface area contributed by atoms with Gasteiger partial charge in [-0.2, -0.15) is 13.2 Å². The fourth-order valence-electron chi connectivity index (χ4n) is 2.93. The van der Waals surface area contributed by atoms with E-state index in [1.165, 1.54) is 6.20 Å². The van der Waals surface area contributed by atoms with Crippen molar-refractivity contribution in [2.75, 3.05) is 36.4 Å². The lowest BCUT2D eigenvalue weighted by Crippen LogP contribution is -2.50. The normalized spacial score (nSPS) is 14.6. The highest BCUT2D eigenvalue weighted by molar-refractivity contribution is 7.80. The van der Waals surface area contributed by atoms with E-state index < -0.39 is 22.4 Å². The van der Waals surface area contributed by atoms with Gasteiger partial charge in [-0.05, 0) is 36.5 Å². The SMILES string of the molecule is O=[N+]([O-])c1cc(C(F)(F)F)ccc1N1CCN(C(=S)Nc2cc(Cl)ccn2)CC1. The third kappa shape index (κ3) is 5.04. The number of hydrogen-bond acceptors (Lipinski definition) is 5. The molecule has 0 aliphatic carbocycles. The largest absolute Gasteiger partial charge is 0.416 e. The van der Waals surface area contributed by atoms with Crippen LogP contribution in [0.25, 0.3) is 0 Å². The van der Waals surface area contributed by atoms with Gasteiger partial charge in [0.2, 0.25) is 0 Å². The van der Waals surface area contributed by atoms with Crippen molar-refractivity contribution in [2.24, 2.45) is 0 Å². The van der Waals surface area contributed by atoms with Crippen LogP contribution in [-0.2, 0) is 6.18 Å². The van der Waals surface area contributed by atoms with Crippen LogP contribution in [0.4, 0.5) is 30.4 Å². The van der Waals surface area contributed by atoms with E-state index in [1.54, 1.807) is 17.0 Å². The number of hydrogen-bond donors (Lipinski definition) is 1. The molecule has 1 aromatic carbocycles. The molecule has 1 fully saturated rings. The van der Waals surface area contributed by atoms with E-state index in [2.05, 4.69) is 10.3 Å². The van der Waals surface area contributed by atoms with Crippen molar-refractivity contribution in [3.05, 3.63) is 57.2 Å². The Kier molecular flexibility index (Phi) is 6.08. The van der Waals surface area contributed by atoms with Crippen molar-refractivity contribution in [3.63, 3.8) is 0 Å². The molecule has 0 amide bonds. The fourth-order valence-corrected chi connectivity index (χ4v) is 3.37. The second-order valence-electron chi connectivity index (χ2n) is 6.22. The molecule has 0 spiro atoms. The maximum Gasteiger partial charge on any atom is 0.416 e. The van der Waals surface area contributed by atoms with Gasteiger partial charge in [0, 0.05) is 43.5 Å². The van der Waals surface area contributed by atoms with E-state index in [0.29, 0.717) is 48.2 Å². The number of nitrogens with zero attached hydrogens (tertiary/aromatic N) is 4. The van der Waals surface area contributed by atoms with Crippen LogP contribution in [0.2, 0.25) is 5.02 Å². The van der Waals surface area contributed by atoms with Crippen LogP contribution in [0.15, 0.2) is 36.5 Å². The van der Waals surface area contributed by atoms with Gasteiger partial charge in [-0.25, -0.2) is 4.98 Å². The highest BCUT2D eigenvalue weighted by Gasteiger charge is 2.34. The molecule has 0 saturated carbocycles. The maximum atomic E-state index is 12.9. The zero-order valence-corrected chi connectivity index (χ0v) is 16.4. The molecule has 1 N–H and O–H groups in total. The Morgan fingerprint density at radius 3 is 2.48 bits per heavy atom. The third-order valence-electron chi connectivity index (χ3n) is 4.36. The quantitative estimate of drug-likeness (QED) is 0.431. The molecule has 154 valence electrons. The maximum absolute atomic E-state index is 12.9. The minimum absolute atomic E-state index is 0.151. The van der Waals surface area contributed by atoms with Crippen molar-refractivity contribution in [1.82, 2.24) is 9.88 Å². The summed E-state index contributed by atoms with van der Waals surface area (Å²) < 4.78 is 38.6. The summed E-state index contributed by atoms with van der Waals surface area (Å²) in [5.41, 5.74) is -1.47. The standard InChI is InChI=1S/C17H15ClF3N5O2S/c18-12-3-4-22-15(10-12)23-16(29)25-7-5-24(6-8-25)13-2-1-11(17(19,20)21)9-14(13)26(27)28/h1-4,9-10H,5-8H2,(H,22,23,29). The van der Waals surface area contributed by atoms with Crippen molar-refractivity contribution in [2.45, 2.75) is 6.18 Å². The van der Waals surface area contributed by atoms with E-state index in [1.807, 2.05) is 4.90 Å². The van der Waals surface area contributed by atoms with Gasteiger partial charge in [0.1, 0.15) is 11.5 Å². The first kappa shape index (κ1) is 21.1. The van der Waals surface area contributed by atoms with Gasteiger partial charge in [0.15, 0.2) is 5.11 Å². The second-order valence-corrected chi connectivity index (χ2v) is 7.05. The first-order chi connectivity index (χ1) is 13.6. The fraction of sp³-hybridized carbons (Fsp3) is 0.294. The van der Waals surface area contributed by atoms with Gasteiger partial charge in [-0.15, -0.1) is 0 Å². The zero-order chi connectivity index (χ0) is 21.2. The lowest BCUT2D eigenvalue weighted by Gasteiger charge is -2.37. The first-order valence-electron chi connectivity index (χ1n) is 8.43. The van der Waals surface area contributed by atoms with Crippen molar-refractivity contribution >= 4 is 46.1 Å². The van der Waals surface area contributed by atoms with E-state index in [4.69, 9.17) is 23.8 Å². The van der Waals surface area contributed by atoms with Gasteiger partial charge in [-0.3, -0.25) is 10.1 Å². The molecule has 1 aromatic heterocycles. The average Bonchev–Trinajstić information content (AvgIpc) is 2.67. The van der Waals surface area contributed by atoms with Crippen LogP contribution in [0.5, 0.6) is 0 Å². The number of nitro benzene ring substituents is 1. The zero-order valence-electron chi connectivity index (χ0n) is 14.8. The lowest BCUT2D eigenvalue weighted by molar-refractivity contribution is -0.384. The second kappa shape index (κ2) is 8.37. The summed E-state index contributed by atoms with van der Waals surface area (Å²) in [6.07, 6.45) is -3.11. The smallest absolute Gasteiger partial charge is 0.362 e. The van der Waals surface area contributed by atoms with Crippen LogP contribution in [0.1, 0.15) is 5.56 Å². The van der Waals surface area contributed by atoms with Crippen molar-refractivity contribution < 1.29 is 18.1 Å². The van der Waals surface area contributed by atoms with Gasteiger partial charge >= 0.3 is 6.18 Å². The Hall–Kier alpha value is -2.66. The summed E-state index contributed by atoms with van der Waals surface area (Å²) in [5.74, 6) is 0.489. The van der Waals surface area contributed by atoms with Crippen LogP contribution < -0.4 is 10.2 Å². The molecule has 1 aliphatic rings. The number of nitrogens with one attached hydrogen (secondary N) is 1.